The van der Waals surface area contributed by atoms with Crippen molar-refractivity contribution in [3.05, 3.63) is 18.2 Å². The van der Waals surface area contributed by atoms with Crippen LogP contribution < -0.4 is 0 Å². The Balaban J connectivity index is 2.88. The fourth-order valence-corrected chi connectivity index (χ4v) is 0.536. The van der Waals surface area contributed by atoms with Gasteiger partial charge in [-0.3, -0.25) is 5.41 Å². The highest BCUT2D eigenvalue weighted by Gasteiger charge is 2.36. The van der Waals surface area contributed by atoms with E-state index in [1.54, 1.807) is 0 Å². The molecule has 0 spiro atoms. The van der Waals surface area contributed by atoms with Crippen molar-refractivity contribution in [2.75, 3.05) is 0 Å². The third-order valence-electron chi connectivity index (χ3n) is 1.02. The lowest BCUT2D eigenvalue weighted by atomic mass is 10.3. The lowest BCUT2D eigenvalue weighted by Gasteiger charge is -2.03. The highest BCUT2D eigenvalue weighted by Crippen LogP contribution is 2.18. The van der Waals surface area contributed by atoms with Gasteiger partial charge in [0.25, 0.3) is 0 Å². The van der Waals surface area contributed by atoms with Crippen molar-refractivity contribution in [1.29, 1.82) is 5.41 Å². The molecule has 0 aliphatic carbocycles. The van der Waals surface area contributed by atoms with E-state index in [1.807, 2.05) is 0 Å². The number of imidazole rings is 1. The Labute approximate surface area is 59.8 Å². The largest absolute Gasteiger partial charge is 0.436 e. The number of hydrogen-bond acceptors (Lipinski definition) is 2. The van der Waals surface area contributed by atoms with Gasteiger partial charge in [-0.2, -0.15) is 13.2 Å². The Bertz CT molecular complexity index is 248. The molecule has 0 atom stereocenters. The Morgan fingerprint density at radius 1 is 1.55 bits per heavy atom. The van der Waals surface area contributed by atoms with Crippen LogP contribution in [-0.2, 0) is 0 Å². The van der Waals surface area contributed by atoms with Crippen LogP contribution in [0.1, 0.15) is 5.82 Å². The van der Waals surface area contributed by atoms with E-state index in [-0.39, 0.29) is 0 Å². The number of aromatic nitrogens is 2. The van der Waals surface area contributed by atoms with Crippen molar-refractivity contribution in [3.63, 3.8) is 0 Å². The second kappa shape index (κ2) is 2.37. The Kier molecular flexibility index (Phi) is 1.67. The maximum absolute atomic E-state index is 11.7. The molecule has 1 aromatic rings. The fraction of sp³-hybridized carbons (Fsp3) is 0.200. The average Bonchev–Trinajstić information content (AvgIpc) is 2.34. The molecule has 0 saturated carbocycles. The number of halogens is 3. The Morgan fingerprint density at radius 2 is 2.18 bits per heavy atom. The predicted octanol–water partition coefficient (Wildman–Crippen LogP) is 1.34. The third-order valence-corrected chi connectivity index (χ3v) is 1.02. The summed E-state index contributed by atoms with van der Waals surface area (Å²) < 4.78 is 35.2. The van der Waals surface area contributed by atoms with Gasteiger partial charge in [0, 0.05) is 12.4 Å². The summed E-state index contributed by atoms with van der Waals surface area (Å²) in [5.74, 6) is -0.461. The summed E-state index contributed by atoms with van der Waals surface area (Å²) in [5, 5.41) is 6.58. The van der Waals surface area contributed by atoms with Crippen LogP contribution in [0.25, 0.3) is 0 Å². The van der Waals surface area contributed by atoms with E-state index in [1.165, 1.54) is 6.20 Å². The summed E-state index contributed by atoms with van der Waals surface area (Å²) in [6, 6.07) is 0. The third kappa shape index (κ3) is 1.57. The number of nitrogens with zero attached hydrogens (tertiary/aromatic N) is 1. The maximum atomic E-state index is 11.7. The number of aromatic amines is 1. The zero-order chi connectivity index (χ0) is 8.48. The molecule has 2 N–H and O–H groups in total. The lowest BCUT2D eigenvalue weighted by Crippen LogP contribution is -2.23. The molecule has 0 amide bonds. The molecule has 0 aromatic carbocycles. The normalized spacial score (nSPS) is 11.5. The van der Waals surface area contributed by atoms with E-state index < -0.39 is 17.7 Å². The molecule has 6 heteroatoms. The van der Waals surface area contributed by atoms with Gasteiger partial charge in [0.05, 0.1) is 0 Å². The molecule has 0 bridgehead atoms. The number of rotatable bonds is 1. The van der Waals surface area contributed by atoms with Crippen molar-refractivity contribution in [3.8, 4) is 0 Å². The molecule has 1 aromatic heterocycles. The summed E-state index contributed by atoms with van der Waals surface area (Å²) >= 11 is 0. The SMILES string of the molecule is N=C(c1ncc[nH]1)C(F)(F)F. The number of hydrogen-bond donors (Lipinski definition) is 2. The molecule has 0 aliphatic rings. The molecule has 11 heavy (non-hydrogen) atoms. The molecular formula is C5H4F3N3. The van der Waals surface area contributed by atoms with Crippen molar-refractivity contribution in [2.45, 2.75) is 6.18 Å². The standard InChI is InChI=1S/C5H4F3N3/c6-5(7,8)3(9)4-10-1-2-11-4/h1-2,9H,(H,10,11). The molecule has 3 nitrogen and oxygen atoms in total. The van der Waals surface area contributed by atoms with Crippen LogP contribution >= 0.6 is 0 Å². The van der Waals surface area contributed by atoms with Crippen molar-refractivity contribution < 1.29 is 13.2 Å². The van der Waals surface area contributed by atoms with Gasteiger partial charge in [-0.25, -0.2) is 4.98 Å². The van der Waals surface area contributed by atoms with Crippen LogP contribution in [-0.4, -0.2) is 21.9 Å². The van der Waals surface area contributed by atoms with E-state index >= 15 is 0 Å². The van der Waals surface area contributed by atoms with E-state index in [0.29, 0.717) is 0 Å². The molecule has 60 valence electrons. The highest BCUT2D eigenvalue weighted by molar-refractivity contribution is 5.99. The molecule has 0 fully saturated rings. The van der Waals surface area contributed by atoms with Crippen LogP contribution in [0, 0.1) is 5.41 Å². The predicted molar refractivity (Wildman–Crippen MR) is 31.5 cm³/mol. The van der Waals surface area contributed by atoms with Gasteiger partial charge in [-0.05, 0) is 0 Å². The second-order valence-electron chi connectivity index (χ2n) is 1.81. The Morgan fingerprint density at radius 3 is 2.55 bits per heavy atom. The molecule has 0 radical (unpaired) electrons. The van der Waals surface area contributed by atoms with Gasteiger partial charge in [0.15, 0.2) is 11.5 Å². The first kappa shape index (κ1) is 7.77. The van der Waals surface area contributed by atoms with Gasteiger partial charge >= 0.3 is 6.18 Å². The van der Waals surface area contributed by atoms with E-state index in [2.05, 4.69) is 9.97 Å². The Hall–Kier alpha value is -1.33. The molecule has 0 aliphatic heterocycles. The fourth-order valence-electron chi connectivity index (χ4n) is 0.536. The highest BCUT2D eigenvalue weighted by atomic mass is 19.4. The summed E-state index contributed by atoms with van der Waals surface area (Å²) in [6.07, 6.45) is -2.23. The minimum atomic E-state index is -4.63. The first-order chi connectivity index (χ1) is 5.02. The second-order valence-corrected chi connectivity index (χ2v) is 1.81. The topological polar surface area (TPSA) is 52.5 Å². The average molecular weight is 163 g/mol. The molecule has 0 saturated heterocycles. The summed E-state index contributed by atoms with van der Waals surface area (Å²) in [4.78, 5) is 5.47. The lowest BCUT2D eigenvalue weighted by molar-refractivity contribution is -0.0591. The minimum Gasteiger partial charge on any atom is -0.343 e. The summed E-state index contributed by atoms with van der Waals surface area (Å²) in [5.41, 5.74) is -1.46. The van der Waals surface area contributed by atoms with Gasteiger partial charge < -0.3 is 4.98 Å². The van der Waals surface area contributed by atoms with Crippen LogP contribution in [0.15, 0.2) is 12.4 Å². The molecule has 0 unspecified atom stereocenters. The van der Waals surface area contributed by atoms with E-state index in [0.717, 1.165) is 6.20 Å². The maximum Gasteiger partial charge on any atom is 0.436 e. The van der Waals surface area contributed by atoms with E-state index in [9.17, 15) is 13.2 Å². The van der Waals surface area contributed by atoms with Crippen molar-refractivity contribution in [2.24, 2.45) is 0 Å². The zero-order valence-corrected chi connectivity index (χ0v) is 5.24. The van der Waals surface area contributed by atoms with Crippen LogP contribution in [0.4, 0.5) is 13.2 Å². The van der Waals surface area contributed by atoms with Gasteiger partial charge in [-0.1, -0.05) is 0 Å². The molecule has 1 heterocycles. The van der Waals surface area contributed by atoms with E-state index in [4.69, 9.17) is 5.41 Å². The molecular weight excluding hydrogens is 159 g/mol. The number of alkyl halides is 3. The minimum absolute atomic E-state index is 0.461. The molecule has 1 rings (SSSR count). The van der Waals surface area contributed by atoms with Gasteiger partial charge in [-0.15, -0.1) is 0 Å². The smallest absolute Gasteiger partial charge is 0.343 e. The van der Waals surface area contributed by atoms with Crippen LogP contribution in [0.3, 0.4) is 0 Å². The van der Waals surface area contributed by atoms with Crippen molar-refractivity contribution >= 4 is 5.71 Å². The number of H-pyrrole nitrogens is 1. The van der Waals surface area contributed by atoms with Gasteiger partial charge in [0.1, 0.15) is 0 Å². The monoisotopic (exact) mass is 163 g/mol. The van der Waals surface area contributed by atoms with Crippen LogP contribution in [0.2, 0.25) is 0 Å². The quantitative estimate of drug-likeness (QED) is 0.603. The number of nitrogens with one attached hydrogen (secondary N) is 2. The van der Waals surface area contributed by atoms with Gasteiger partial charge in [0.2, 0.25) is 0 Å². The summed E-state index contributed by atoms with van der Waals surface area (Å²) in [6.45, 7) is 0. The summed E-state index contributed by atoms with van der Waals surface area (Å²) in [7, 11) is 0. The zero-order valence-electron chi connectivity index (χ0n) is 5.24. The van der Waals surface area contributed by atoms with Crippen molar-refractivity contribution in [1.82, 2.24) is 9.97 Å². The first-order valence-electron chi connectivity index (χ1n) is 2.67. The van der Waals surface area contributed by atoms with Crippen LogP contribution in [0.5, 0.6) is 0 Å². The first-order valence-corrected chi connectivity index (χ1v) is 2.67.